The van der Waals surface area contributed by atoms with Crippen LogP contribution < -0.4 is 4.74 Å². The fourth-order valence-electron chi connectivity index (χ4n) is 2.15. The Bertz CT molecular complexity index is 320. The highest BCUT2D eigenvalue weighted by atomic mass is 16.5. The number of benzene rings is 1. The topological polar surface area (TPSA) is 29.5 Å². The van der Waals surface area contributed by atoms with Crippen molar-refractivity contribution in [2.24, 2.45) is 0 Å². The lowest BCUT2D eigenvalue weighted by molar-refractivity contribution is 0.165. The molecule has 2 rings (SSSR count). The molecule has 2 heteroatoms. The van der Waals surface area contributed by atoms with Gasteiger partial charge in [-0.25, -0.2) is 0 Å². The standard InChI is InChI=1S/C12H16O2/c1-14-12-7-2-4-9-8-10(13)5-3-6-11(9)12/h2,4,7,10,13H,3,5-6,8H2,1H3. The van der Waals surface area contributed by atoms with Crippen LogP contribution in [-0.4, -0.2) is 18.3 Å². The largest absolute Gasteiger partial charge is 0.496 e. The minimum atomic E-state index is -0.177. The van der Waals surface area contributed by atoms with Gasteiger partial charge in [-0.3, -0.25) is 0 Å². The highest BCUT2D eigenvalue weighted by molar-refractivity contribution is 5.41. The molecule has 0 saturated carbocycles. The Hall–Kier alpha value is -1.02. The van der Waals surface area contributed by atoms with Crippen LogP contribution in [0.4, 0.5) is 0 Å². The molecule has 0 spiro atoms. The maximum absolute atomic E-state index is 9.66. The zero-order chi connectivity index (χ0) is 9.97. The molecule has 0 aromatic heterocycles. The lowest BCUT2D eigenvalue weighted by atomic mass is 10.0. The molecule has 2 nitrogen and oxygen atoms in total. The number of aliphatic hydroxyl groups excluding tert-OH is 1. The van der Waals surface area contributed by atoms with E-state index in [1.165, 1.54) is 11.1 Å². The van der Waals surface area contributed by atoms with Crippen molar-refractivity contribution in [2.75, 3.05) is 7.11 Å². The van der Waals surface area contributed by atoms with Gasteiger partial charge in [0.1, 0.15) is 5.75 Å². The molecule has 14 heavy (non-hydrogen) atoms. The Balaban J connectivity index is 2.38. The molecule has 0 radical (unpaired) electrons. The summed E-state index contributed by atoms with van der Waals surface area (Å²) in [5, 5.41) is 9.66. The van der Waals surface area contributed by atoms with E-state index >= 15 is 0 Å². The lowest BCUT2D eigenvalue weighted by Gasteiger charge is -2.11. The number of methoxy groups -OCH3 is 1. The number of hydrogen-bond acceptors (Lipinski definition) is 2. The maximum atomic E-state index is 9.66. The minimum absolute atomic E-state index is 0.177. The van der Waals surface area contributed by atoms with Gasteiger partial charge in [-0.2, -0.15) is 0 Å². The van der Waals surface area contributed by atoms with Crippen molar-refractivity contribution in [1.29, 1.82) is 0 Å². The van der Waals surface area contributed by atoms with Crippen LogP contribution in [0.3, 0.4) is 0 Å². The van der Waals surface area contributed by atoms with Crippen LogP contribution in [0, 0.1) is 0 Å². The second-order valence-corrected chi connectivity index (χ2v) is 3.85. The Kier molecular flexibility index (Phi) is 2.73. The highest BCUT2D eigenvalue weighted by Gasteiger charge is 2.16. The smallest absolute Gasteiger partial charge is 0.122 e. The molecular formula is C12H16O2. The highest BCUT2D eigenvalue weighted by Crippen LogP contribution is 2.28. The molecule has 1 aromatic carbocycles. The molecule has 76 valence electrons. The van der Waals surface area contributed by atoms with Crippen LogP contribution >= 0.6 is 0 Å². The predicted octanol–water partition coefficient (Wildman–Crippen LogP) is 1.93. The SMILES string of the molecule is COc1cccc2c1CCCC(O)C2. The molecule has 0 heterocycles. The van der Waals surface area contributed by atoms with Gasteiger partial charge in [0, 0.05) is 0 Å². The summed E-state index contributed by atoms with van der Waals surface area (Å²) in [6, 6.07) is 6.08. The van der Waals surface area contributed by atoms with Crippen molar-refractivity contribution in [3.8, 4) is 5.75 Å². The average Bonchev–Trinajstić information content (AvgIpc) is 2.37. The van der Waals surface area contributed by atoms with Crippen LogP contribution in [0.1, 0.15) is 24.0 Å². The Morgan fingerprint density at radius 3 is 3.07 bits per heavy atom. The second-order valence-electron chi connectivity index (χ2n) is 3.85. The van der Waals surface area contributed by atoms with E-state index in [9.17, 15) is 5.11 Å². The molecule has 1 N–H and O–H groups in total. The van der Waals surface area contributed by atoms with Gasteiger partial charge in [-0.05, 0) is 42.9 Å². The van der Waals surface area contributed by atoms with E-state index < -0.39 is 0 Å². The number of ether oxygens (including phenoxy) is 1. The third-order valence-electron chi connectivity index (χ3n) is 2.87. The summed E-state index contributed by atoms with van der Waals surface area (Å²) < 4.78 is 5.32. The molecule has 0 saturated heterocycles. The number of rotatable bonds is 1. The van der Waals surface area contributed by atoms with E-state index in [1.807, 2.05) is 12.1 Å². The van der Waals surface area contributed by atoms with E-state index in [2.05, 4.69) is 6.07 Å². The molecule has 1 atom stereocenters. The molecule has 1 aliphatic carbocycles. The molecule has 0 amide bonds. The van der Waals surface area contributed by atoms with Gasteiger partial charge in [-0.1, -0.05) is 12.1 Å². The Morgan fingerprint density at radius 2 is 2.29 bits per heavy atom. The van der Waals surface area contributed by atoms with E-state index in [4.69, 9.17) is 4.74 Å². The van der Waals surface area contributed by atoms with Crippen molar-refractivity contribution in [3.05, 3.63) is 29.3 Å². The van der Waals surface area contributed by atoms with Gasteiger partial charge in [0.05, 0.1) is 13.2 Å². The molecular weight excluding hydrogens is 176 g/mol. The summed E-state index contributed by atoms with van der Waals surface area (Å²) in [5.74, 6) is 0.969. The summed E-state index contributed by atoms with van der Waals surface area (Å²) in [6.45, 7) is 0. The number of aliphatic hydroxyl groups is 1. The quantitative estimate of drug-likeness (QED) is 0.689. The summed E-state index contributed by atoms with van der Waals surface area (Å²) in [5.41, 5.74) is 2.53. The molecule has 0 aliphatic heterocycles. The van der Waals surface area contributed by atoms with Crippen LogP contribution in [0.2, 0.25) is 0 Å². The van der Waals surface area contributed by atoms with E-state index in [-0.39, 0.29) is 6.10 Å². The third-order valence-corrected chi connectivity index (χ3v) is 2.87. The first-order valence-corrected chi connectivity index (χ1v) is 5.14. The monoisotopic (exact) mass is 192 g/mol. The third kappa shape index (κ3) is 1.75. The zero-order valence-corrected chi connectivity index (χ0v) is 8.49. The molecule has 0 fully saturated rings. The predicted molar refractivity (Wildman–Crippen MR) is 55.6 cm³/mol. The average molecular weight is 192 g/mol. The van der Waals surface area contributed by atoms with Gasteiger partial charge in [0.15, 0.2) is 0 Å². The van der Waals surface area contributed by atoms with Crippen LogP contribution in [0.15, 0.2) is 18.2 Å². The van der Waals surface area contributed by atoms with Crippen LogP contribution in [0.5, 0.6) is 5.75 Å². The Labute approximate surface area is 84.5 Å². The van der Waals surface area contributed by atoms with Gasteiger partial charge in [-0.15, -0.1) is 0 Å². The zero-order valence-electron chi connectivity index (χ0n) is 8.49. The van der Waals surface area contributed by atoms with Crippen LogP contribution in [0.25, 0.3) is 0 Å². The molecule has 1 unspecified atom stereocenters. The number of fused-ring (bicyclic) bond motifs is 1. The second kappa shape index (κ2) is 4.01. The first-order valence-electron chi connectivity index (χ1n) is 5.14. The molecule has 1 aliphatic rings. The van der Waals surface area contributed by atoms with Crippen molar-refractivity contribution >= 4 is 0 Å². The summed E-state index contributed by atoms with van der Waals surface area (Å²) in [4.78, 5) is 0. The van der Waals surface area contributed by atoms with Crippen LogP contribution in [-0.2, 0) is 12.8 Å². The van der Waals surface area contributed by atoms with E-state index in [1.54, 1.807) is 7.11 Å². The van der Waals surface area contributed by atoms with Gasteiger partial charge in [0.2, 0.25) is 0 Å². The van der Waals surface area contributed by atoms with Crippen molar-refractivity contribution in [1.82, 2.24) is 0 Å². The lowest BCUT2D eigenvalue weighted by Crippen LogP contribution is -2.08. The normalized spacial score (nSPS) is 21.1. The summed E-state index contributed by atoms with van der Waals surface area (Å²) in [6.07, 6.45) is 3.57. The first-order chi connectivity index (χ1) is 6.81. The Morgan fingerprint density at radius 1 is 1.43 bits per heavy atom. The van der Waals surface area contributed by atoms with E-state index in [0.29, 0.717) is 0 Å². The number of hydrogen-bond donors (Lipinski definition) is 1. The van der Waals surface area contributed by atoms with Gasteiger partial charge >= 0.3 is 0 Å². The van der Waals surface area contributed by atoms with Gasteiger partial charge in [0.25, 0.3) is 0 Å². The fraction of sp³-hybridized carbons (Fsp3) is 0.500. The first kappa shape index (κ1) is 9.53. The summed E-state index contributed by atoms with van der Waals surface area (Å²) >= 11 is 0. The van der Waals surface area contributed by atoms with E-state index in [0.717, 1.165) is 31.4 Å². The van der Waals surface area contributed by atoms with Crippen molar-refractivity contribution < 1.29 is 9.84 Å². The molecule has 1 aromatic rings. The minimum Gasteiger partial charge on any atom is -0.496 e. The maximum Gasteiger partial charge on any atom is 0.122 e. The van der Waals surface area contributed by atoms with Crippen molar-refractivity contribution in [3.63, 3.8) is 0 Å². The van der Waals surface area contributed by atoms with Gasteiger partial charge < -0.3 is 9.84 Å². The summed E-state index contributed by atoms with van der Waals surface area (Å²) in [7, 11) is 1.71. The van der Waals surface area contributed by atoms with Crippen molar-refractivity contribution in [2.45, 2.75) is 31.8 Å². The molecule has 0 bridgehead atoms. The fourth-order valence-corrected chi connectivity index (χ4v) is 2.15.